The second-order valence-corrected chi connectivity index (χ2v) is 7.29. The van der Waals surface area contributed by atoms with Gasteiger partial charge in [0.1, 0.15) is 12.4 Å². The van der Waals surface area contributed by atoms with E-state index < -0.39 is 0 Å². The van der Waals surface area contributed by atoms with Crippen LogP contribution in [0.25, 0.3) is 11.0 Å². The van der Waals surface area contributed by atoms with Crippen molar-refractivity contribution >= 4 is 28.5 Å². The van der Waals surface area contributed by atoms with Gasteiger partial charge in [-0.05, 0) is 36.4 Å². The molecule has 0 unspecified atom stereocenters. The molecule has 4 aromatic rings. The molecule has 0 spiro atoms. The summed E-state index contributed by atoms with van der Waals surface area (Å²) in [5, 5.41) is 0. The van der Waals surface area contributed by atoms with Crippen LogP contribution in [0.1, 0.15) is 16.2 Å². The van der Waals surface area contributed by atoms with Gasteiger partial charge in [-0.15, -0.1) is 0 Å². The van der Waals surface area contributed by atoms with Crippen LogP contribution in [0.2, 0.25) is 0 Å². The Morgan fingerprint density at radius 2 is 1.58 bits per heavy atom. The van der Waals surface area contributed by atoms with E-state index in [-0.39, 0.29) is 24.9 Å². The molecule has 4 rings (SSSR count). The molecule has 0 aliphatic carbocycles. The Morgan fingerprint density at radius 3 is 2.32 bits per heavy atom. The van der Waals surface area contributed by atoms with Crippen molar-refractivity contribution in [1.29, 1.82) is 0 Å². The number of hydrogen-bond donors (Lipinski definition) is 0. The van der Waals surface area contributed by atoms with Crippen molar-refractivity contribution in [2.75, 3.05) is 19.0 Å². The number of amides is 2. The minimum Gasteiger partial charge on any atom is -0.334 e. The summed E-state index contributed by atoms with van der Waals surface area (Å²) in [5.41, 5.74) is 3.03. The van der Waals surface area contributed by atoms with E-state index in [0.29, 0.717) is 11.4 Å². The molecule has 0 aliphatic rings. The normalized spacial score (nSPS) is 10.8. The zero-order chi connectivity index (χ0) is 21.8. The Kier molecular flexibility index (Phi) is 5.75. The minimum atomic E-state index is -0.131. The zero-order valence-corrected chi connectivity index (χ0v) is 17.5. The molecule has 2 amide bonds. The number of aromatic nitrogens is 3. The summed E-state index contributed by atoms with van der Waals surface area (Å²) in [4.78, 5) is 37.7. The topological polar surface area (TPSA) is 71.3 Å². The molecule has 0 saturated carbocycles. The summed E-state index contributed by atoms with van der Waals surface area (Å²) < 4.78 is 1.88. The van der Waals surface area contributed by atoms with Crippen LogP contribution in [0.4, 0.5) is 5.69 Å². The Labute approximate surface area is 180 Å². The predicted molar refractivity (Wildman–Crippen MR) is 120 cm³/mol. The molecule has 31 heavy (non-hydrogen) atoms. The fraction of sp³-hybridized carbons (Fsp3) is 0.167. The Hall–Kier alpha value is -4.00. The highest BCUT2D eigenvalue weighted by Crippen LogP contribution is 2.19. The van der Waals surface area contributed by atoms with Crippen LogP contribution < -0.4 is 4.90 Å². The molecule has 0 saturated heterocycles. The molecule has 0 fully saturated rings. The Morgan fingerprint density at radius 1 is 0.903 bits per heavy atom. The molecular formula is C24H23N5O2. The molecule has 2 aromatic carbocycles. The molecule has 0 atom stereocenters. The van der Waals surface area contributed by atoms with Crippen molar-refractivity contribution in [3.63, 3.8) is 0 Å². The minimum absolute atomic E-state index is 0.0706. The molecule has 7 nitrogen and oxygen atoms in total. The first-order chi connectivity index (χ1) is 15.0. The van der Waals surface area contributed by atoms with Crippen molar-refractivity contribution in [1.82, 2.24) is 19.4 Å². The maximum Gasteiger partial charge on any atom is 0.254 e. The van der Waals surface area contributed by atoms with Crippen LogP contribution in [0, 0.1) is 0 Å². The van der Waals surface area contributed by atoms with E-state index in [1.165, 1.54) is 0 Å². The van der Waals surface area contributed by atoms with Gasteiger partial charge in [-0.3, -0.25) is 14.6 Å². The zero-order valence-electron chi connectivity index (χ0n) is 17.5. The van der Waals surface area contributed by atoms with Crippen molar-refractivity contribution in [3.05, 3.63) is 90.5 Å². The van der Waals surface area contributed by atoms with Gasteiger partial charge >= 0.3 is 0 Å². The van der Waals surface area contributed by atoms with Gasteiger partial charge in [0.15, 0.2) is 0 Å². The first-order valence-electron chi connectivity index (χ1n) is 9.96. The standard InChI is InChI=1S/C24H23N5O2/c1-27(24(31)18-12-14-25-15-13-18)16-22-26-20-10-6-7-11-21(20)29(22)17-23(30)28(2)19-8-4-3-5-9-19/h3-15H,16-17H2,1-2H3. The molecule has 0 bridgehead atoms. The number of carbonyl (C=O) groups excluding carboxylic acids is 2. The van der Waals surface area contributed by atoms with Gasteiger partial charge in [-0.25, -0.2) is 4.98 Å². The van der Waals surface area contributed by atoms with E-state index in [1.54, 1.807) is 48.4 Å². The summed E-state index contributed by atoms with van der Waals surface area (Å²) in [7, 11) is 3.49. The van der Waals surface area contributed by atoms with Gasteiger partial charge in [-0.2, -0.15) is 0 Å². The third kappa shape index (κ3) is 4.30. The van der Waals surface area contributed by atoms with E-state index in [4.69, 9.17) is 4.98 Å². The van der Waals surface area contributed by atoms with E-state index in [0.717, 1.165) is 16.7 Å². The number of hydrogen-bond acceptors (Lipinski definition) is 4. The van der Waals surface area contributed by atoms with Gasteiger partial charge in [0, 0.05) is 37.7 Å². The largest absolute Gasteiger partial charge is 0.334 e. The molecule has 7 heteroatoms. The summed E-state index contributed by atoms with van der Waals surface area (Å²) in [6.45, 7) is 0.399. The SMILES string of the molecule is CN(Cc1nc2ccccc2n1CC(=O)N(C)c1ccccc1)C(=O)c1ccncc1. The van der Waals surface area contributed by atoms with Crippen LogP contribution in [0.5, 0.6) is 0 Å². The summed E-state index contributed by atoms with van der Waals surface area (Å²) in [6, 6.07) is 20.5. The third-order valence-electron chi connectivity index (χ3n) is 5.20. The number of nitrogens with zero attached hydrogens (tertiary/aromatic N) is 5. The van der Waals surface area contributed by atoms with Crippen molar-refractivity contribution < 1.29 is 9.59 Å². The number of rotatable bonds is 6. The molecule has 0 radical (unpaired) electrons. The number of pyridine rings is 1. The quantitative estimate of drug-likeness (QED) is 0.486. The fourth-order valence-corrected chi connectivity index (χ4v) is 3.46. The summed E-state index contributed by atoms with van der Waals surface area (Å²) >= 11 is 0. The van der Waals surface area contributed by atoms with Crippen molar-refractivity contribution in [2.45, 2.75) is 13.1 Å². The van der Waals surface area contributed by atoms with Crippen LogP contribution in [0.15, 0.2) is 79.1 Å². The van der Waals surface area contributed by atoms with Crippen LogP contribution in [-0.2, 0) is 17.9 Å². The average molecular weight is 413 g/mol. The predicted octanol–water partition coefficient (Wildman–Crippen LogP) is 3.37. The van der Waals surface area contributed by atoms with Gasteiger partial charge in [-0.1, -0.05) is 30.3 Å². The number of imidazole rings is 1. The lowest BCUT2D eigenvalue weighted by atomic mass is 10.2. The Balaban J connectivity index is 1.61. The monoisotopic (exact) mass is 413 g/mol. The molecule has 2 aromatic heterocycles. The molecule has 2 heterocycles. The highest BCUT2D eigenvalue weighted by molar-refractivity contribution is 5.94. The number of benzene rings is 2. The highest BCUT2D eigenvalue weighted by Gasteiger charge is 2.20. The summed E-state index contributed by atoms with van der Waals surface area (Å²) in [5.74, 6) is 0.452. The lowest BCUT2D eigenvalue weighted by molar-refractivity contribution is -0.118. The van der Waals surface area contributed by atoms with E-state index in [2.05, 4.69) is 4.98 Å². The number of likely N-dealkylation sites (N-methyl/N-ethyl adjacent to an activating group) is 1. The van der Waals surface area contributed by atoms with Gasteiger partial charge in [0.2, 0.25) is 5.91 Å². The van der Waals surface area contributed by atoms with E-state index in [1.807, 2.05) is 59.2 Å². The van der Waals surface area contributed by atoms with Crippen molar-refractivity contribution in [2.24, 2.45) is 0 Å². The van der Waals surface area contributed by atoms with Gasteiger partial charge < -0.3 is 14.4 Å². The number of para-hydroxylation sites is 3. The van der Waals surface area contributed by atoms with Crippen LogP contribution in [0.3, 0.4) is 0 Å². The van der Waals surface area contributed by atoms with E-state index >= 15 is 0 Å². The lowest BCUT2D eigenvalue weighted by Gasteiger charge is -2.20. The van der Waals surface area contributed by atoms with Crippen LogP contribution in [-0.4, -0.2) is 45.3 Å². The number of fused-ring (bicyclic) bond motifs is 1. The number of anilines is 1. The smallest absolute Gasteiger partial charge is 0.254 e. The molecule has 0 aliphatic heterocycles. The van der Waals surface area contributed by atoms with Gasteiger partial charge in [0.05, 0.1) is 17.6 Å². The molecular weight excluding hydrogens is 390 g/mol. The maximum absolute atomic E-state index is 13.0. The second-order valence-electron chi connectivity index (χ2n) is 7.29. The first-order valence-corrected chi connectivity index (χ1v) is 9.96. The highest BCUT2D eigenvalue weighted by atomic mass is 16.2. The second kappa shape index (κ2) is 8.79. The first kappa shape index (κ1) is 20.3. The third-order valence-corrected chi connectivity index (χ3v) is 5.20. The van der Waals surface area contributed by atoms with Crippen LogP contribution >= 0.6 is 0 Å². The van der Waals surface area contributed by atoms with Crippen molar-refractivity contribution in [3.8, 4) is 0 Å². The maximum atomic E-state index is 13.0. The molecule has 0 N–H and O–H groups in total. The Bertz CT molecular complexity index is 1200. The lowest BCUT2D eigenvalue weighted by Crippen LogP contribution is -2.32. The summed E-state index contributed by atoms with van der Waals surface area (Å²) in [6.07, 6.45) is 3.18. The molecule has 156 valence electrons. The van der Waals surface area contributed by atoms with Gasteiger partial charge in [0.25, 0.3) is 5.91 Å². The average Bonchev–Trinajstić information content (AvgIpc) is 3.15. The van der Waals surface area contributed by atoms with E-state index in [9.17, 15) is 9.59 Å². The number of carbonyl (C=O) groups is 2. The fourth-order valence-electron chi connectivity index (χ4n) is 3.46.